The Hall–Kier alpha value is -3.35. The summed E-state index contributed by atoms with van der Waals surface area (Å²) in [5.74, 6) is 1.12. The maximum atomic E-state index is 13.6. The molecule has 0 bridgehead atoms. The Bertz CT molecular complexity index is 1100. The number of amides is 1. The maximum Gasteiger partial charge on any atom is 0.259 e. The molecule has 32 heavy (non-hydrogen) atoms. The van der Waals surface area contributed by atoms with Crippen molar-refractivity contribution in [3.8, 4) is 17.0 Å². The summed E-state index contributed by atoms with van der Waals surface area (Å²) in [6.07, 6.45) is 10.7. The number of pyridine rings is 2. The van der Waals surface area contributed by atoms with Gasteiger partial charge < -0.3 is 9.64 Å². The summed E-state index contributed by atoms with van der Waals surface area (Å²) in [5.41, 5.74) is 4.47. The lowest BCUT2D eigenvalue weighted by molar-refractivity contribution is 0.0728. The molecule has 7 nitrogen and oxygen atoms in total. The minimum atomic E-state index is -0.127. The number of nitrogens with zero attached hydrogens (tertiary/aromatic N) is 5. The second-order valence-corrected chi connectivity index (χ2v) is 7.97. The Morgan fingerprint density at radius 3 is 2.81 bits per heavy atom. The molecule has 166 valence electrons. The summed E-state index contributed by atoms with van der Waals surface area (Å²) in [4.78, 5) is 33.6. The lowest BCUT2D eigenvalue weighted by atomic mass is 9.97. The molecule has 1 aliphatic rings. The van der Waals surface area contributed by atoms with Gasteiger partial charge in [0.1, 0.15) is 11.4 Å². The van der Waals surface area contributed by atoms with E-state index in [1.807, 2.05) is 37.2 Å². The van der Waals surface area contributed by atoms with Gasteiger partial charge in [-0.05, 0) is 62.4 Å². The van der Waals surface area contributed by atoms with Crippen LogP contribution >= 0.6 is 0 Å². The third-order valence-corrected chi connectivity index (χ3v) is 5.76. The Morgan fingerprint density at radius 2 is 2.03 bits per heavy atom. The van der Waals surface area contributed by atoms with E-state index in [0.717, 1.165) is 53.9 Å². The molecule has 0 spiro atoms. The lowest BCUT2D eigenvalue weighted by Gasteiger charge is -2.27. The summed E-state index contributed by atoms with van der Waals surface area (Å²) in [5, 5.41) is 0. The van der Waals surface area contributed by atoms with E-state index in [1.165, 1.54) is 0 Å². The van der Waals surface area contributed by atoms with Crippen LogP contribution in [0.3, 0.4) is 0 Å². The first-order valence-corrected chi connectivity index (χ1v) is 11.3. The third kappa shape index (κ3) is 4.33. The van der Waals surface area contributed by atoms with Crippen LogP contribution in [0.5, 0.6) is 5.88 Å². The van der Waals surface area contributed by atoms with E-state index in [2.05, 4.69) is 21.9 Å². The Labute approximate surface area is 188 Å². The zero-order chi connectivity index (χ0) is 22.5. The van der Waals surface area contributed by atoms with E-state index in [-0.39, 0.29) is 11.9 Å². The van der Waals surface area contributed by atoms with E-state index >= 15 is 0 Å². The second kappa shape index (κ2) is 9.85. The summed E-state index contributed by atoms with van der Waals surface area (Å²) < 4.78 is 5.63. The van der Waals surface area contributed by atoms with Gasteiger partial charge in [0.25, 0.3) is 5.91 Å². The highest BCUT2D eigenvalue weighted by Crippen LogP contribution is 2.38. The van der Waals surface area contributed by atoms with Crippen LogP contribution in [-0.2, 0) is 6.42 Å². The predicted molar refractivity (Wildman–Crippen MR) is 122 cm³/mol. The van der Waals surface area contributed by atoms with Crippen molar-refractivity contribution in [3.05, 3.63) is 65.6 Å². The molecule has 0 aromatic carbocycles. The molecular formula is C25H29N5O2. The molecule has 7 heteroatoms. The molecule has 1 fully saturated rings. The highest BCUT2D eigenvalue weighted by atomic mass is 16.5. The summed E-state index contributed by atoms with van der Waals surface area (Å²) in [6.45, 7) is 7.17. The SMILES string of the molecule is CCCc1ncc(-c2ccncc2C)c(C2CCCN2C(=O)c2cccnc2OCC)n1. The van der Waals surface area contributed by atoms with Gasteiger partial charge in [0.05, 0.1) is 18.3 Å². The van der Waals surface area contributed by atoms with Crippen LogP contribution in [0.1, 0.15) is 66.6 Å². The fourth-order valence-corrected chi connectivity index (χ4v) is 4.27. The van der Waals surface area contributed by atoms with Gasteiger partial charge in [-0.1, -0.05) is 6.92 Å². The van der Waals surface area contributed by atoms with E-state index in [0.29, 0.717) is 24.6 Å². The van der Waals surface area contributed by atoms with Gasteiger partial charge in [0, 0.05) is 43.3 Å². The van der Waals surface area contributed by atoms with Crippen LogP contribution in [-0.4, -0.2) is 43.9 Å². The van der Waals surface area contributed by atoms with E-state index < -0.39 is 0 Å². The Balaban J connectivity index is 1.77. The summed E-state index contributed by atoms with van der Waals surface area (Å²) in [6, 6.07) is 5.42. The van der Waals surface area contributed by atoms with Crippen LogP contribution in [0.15, 0.2) is 43.0 Å². The van der Waals surface area contributed by atoms with Gasteiger partial charge in [-0.2, -0.15) is 0 Å². The van der Waals surface area contributed by atoms with Gasteiger partial charge in [0.15, 0.2) is 0 Å². The van der Waals surface area contributed by atoms with Crippen molar-refractivity contribution in [2.24, 2.45) is 0 Å². The number of carbonyl (C=O) groups is 1. The van der Waals surface area contributed by atoms with Gasteiger partial charge in [-0.25, -0.2) is 15.0 Å². The van der Waals surface area contributed by atoms with Gasteiger partial charge in [-0.3, -0.25) is 9.78 Å². The predicted octanol–water partition coefficient (Wildman–Crippen LogP) is 4.57. The normalized spacial score (nSPS) is 15.7. The number of hydrogen-bond donors (Lipinski definition) is 0. The van der Waals surface area contributed by atoms with Crippen molar-refractivity contribution >= 4 is 5.91 Å². The summed E-state index contributed by atoms with van der Waals surface area (Å²) in [7, 11) is 0. The van der Waals surface area contributed by atoms with Crippen molar-refractivity contribution in [3.63, 3.8) is 0 Å². The maximum absolute atomic E-state index is 13.6. The van der Waals surface area contributed by atoms with Gasteiger partial charge in [0.2, 0.25) is 5.88 Å². The second-order valence-electron chi connectivity index (χ2n) is 7.97. The average molecular weight is 432 g/mol. The number of aromatic nitrogens is 4. The lowest BCUT2D eigenvalue weighted by Crippen LogP contribution is -2.32. The van der Waals surface area contributed by atoms with Crippen molar-refractivity contribution in [2.45, 2.75) is 52.5 Å². The molecule has 1 atom stereocenters. The van der Waals surface area contributed by atoms with E-state index in [4.69, 9.17) is 9.72 Å². The van der Waals surface area contributed by atoms with E-state index in [9.17, 15) is 4.79 Å². The fourth-order valence-electron chi connectivity index (χ4n) is 4.27. The van der Waals surface area contributed by atoms with Crippen LogP contribution in [0.25, 0.3) is 11.1 Å². The molecule has 1 amide bonds. The molecule has 0 aliphatic carbocycles. The zero-order valence-electron chi connectivity index (χ0n) is 18.9. The number of likely N-dealkylation sites (tertiary alicyclic amines) is 1. The quantitative estimate of drug-likeness (QED) is 0.545. The van der Waals surface area contributed by atoms with Crippen LogP contribution < -0.4 is 4.74 Å². The minimum absolute atomic E-state index is 0.0721. The monoisotopic (exact) mass is 431 g/mol. The topological polar surface area (TPSA) is 81.1 Å². The van der Waals surface area contributed by atoms with Crippen molar-refractivity contribution in [1.29, 1.82) is 0 Å². The fraction of sp³-hybridized carbons (Fsp3) is 0.400. The van der Waals surface area contributed by atoms with Crippen LogP contribution in [0.4, 0.5) is 0 Å². The first-order valence-electron chi connectivity index (χ1n) is 11.3. The van der Waals surface area contributed by atoms with Gasteiger partial charge in [-0.15, -0.1) is 0 Å². The molecule has 3 aromatic rings. The molecule has 3 aromatic heterocycles. The molecule has 4 heterocycles. The van der Waals surface area contributed by atoms with Crippen molar-refractivity contribution in [1.82, 2.24) is 24.8 Å². The first kappa shape index (κ1) is 21.9. The van der Waals surface area contributed by atoms with Crippen molar-refractivity contribution < 1.29 is 9.53 Å². The number of hydrogen-bond acceptors (Lipinski definition) is 6. The molecule has 1 unspecified atom stereocenters. The van der Waals surface area contributed by atoms with Gasteiger partial charge >= 0.3 is 0 Å². The Morgan fingerprint density at radius 1 is 1.16 bits per heavy atom. The van der Waals surface area contributed by atoms with E-state index in [1.54, 1.807) is 24.5 Å². The highest BCUT2D eigenvalue weighted by Gasteiger charge is 2.35. The molecule has 0 N–H and O–H groups in total. The average Bonchev–Trinajstić information content (AvgIpc) is 3.30. The summed E-state index contributed by atoms with van der Waals surface area (Å²) >= 11 is 0. The number of carbonyl (C=O) groups excluding carboxylic acids is 1. The standard InChI is InChI=1S/C25H29N5O2/c1-4-8-22-28-16-20(18-11-13-26-15-17(18)3)23(29-22)21-10-7-14-30(21)25(31)19-9-6-12-27-24(19)32-5-2/h6,9,11-13,15-16,21H,4-5,7-8,10,14H2,1-3H3. The van der Waals surface area contributed by atoms with Crippen LogP contribution in [0, 0.1) is 6.92 Å². The van der Waals surface area contributed by atoms with Crippen LogP contribution in [0.2, 0.25) is 0 Å². The largest absolute Gasteiger partial charge is 0.477 e. The zero-order valence-corrected chi connectivity index (χ0v) is 18.9. The molecule has 1 aliphatic heterocycles. The third-order valence-electron chi connectivity index (χ3n) is 5.76. The molecule has 4 rings (SSSR count). The smallest absolute Gasteiger partial charge is 0.259 e. The number of aryl methyl sites for hydroxylation is 2. The highest BCUT2D eigenvalue weighted by molar-refractivity contribution is 5.97. The first-order chi connectivity index (χ1) is 15.6. The van der Waals surface area contributed by atoms with Crippen molar-refractivity contribution in [2.75, 3.05) is 13.2 Å². The molecular weight excluding hydrogens is 402 g/mol. The Kier molecular flexibility index (Phi) is 6.73. The number of ether oxygens (including phenoxy) is 1. The minimum Gasteiger partial charge on any atom is -0.477 e. The number of rotatable bonds is 7. The molecule has 0 saturated carbocycles. The molecule has 0 radical (unpaired) electrons. The molecule has 1 saturated heterocycles.